The number of nitro groups is 2. The molecule has 20 heavy (non-hydrogen) atoms. The minimum absolute atomic E-state index is 0.00436. The monoisotopic (exact) mass is 274 g/mol. The molecule has 0 amide bonds. The van der Waals surface area contributed by atoms with Gasteiger partial charge >= 0.3 is 0 Å². The second-order valence-corrected chi connectivity index (χ2v) is 4.04. The van der Waals surface area contributed by atoms with Crippen molar-refractivity contribution in [3.05, 3.63) is 62.3 Å². The Morgan fingerprint density at radius 3 is 2.20 bits per heavy atom. The molecule has 0 saturated heterocycles. The average molecular weight is 274 g/mol. The van der Waals surface area contributed by atoms with E-state index in [-0.39, 0.29) is 11.4 Å². The van der Waals surface area contributed by atoms with Gasteiger partial charge in [-0.1, -0.05) is 0 Å². The molecule has 1 N–H and O–H groups in total. The Morgan fingerprint density at radius 1 is 1.05 bits per heavy atom. The first-order valence-electron chi connectivity index (χ1n) is 5.60. The highest BCUT2D eigenvalue weighted by atomic mass is 16.6. The molecule has 0 atom stereocenters. The molecule has 0 saturated carbocycles. The summed E-state index contributed by atoms with van der Waals surface area (Å²) in [4.78, 5) is 24.0. The van der Waals surface area contributed by atoms with E-state index in [0.29, 0.717) is 17.1 Å². The van der Waals surface area contributed by atoms with E-state index in [2.05, 4.69) is 10.3 Å². The zero-order valence-corrected chi connectivity index (χ0v) is 10.4. The van der Waals surface area contributed by atoms with E-state index >= 15 is 0 Å². The number of non-ortho nitro benzene ring substituents is 1. The van der Waals surface area contributed by atoms with Gasteiger partial charge < -0.3 is 5.32 Å². The van der Waals surface area contributed by atoms with Crippen LogP contribution in [-0.4, -0.2) is 14.8 Å². The van der Waals surface area contributed by atoms with Crippen LogP contribution in [-0.2, 0) is 0 Å². The molecule has 0 bridgehead atoms. The Bertz CT molecular complexity index is 670. The first kappa shape index (κ1) is 13.4. The summed E-state index contributed by atoms with van der Waals surface area (Å²) in [6.45, 7) is 1.72. The van der Waals surface area contributed by atoms with Crippen LogP contribution in [0, 0.1) is 27.2 Å². The first-order valence-corrected chi connectivity index (χ1v) is 5.60. The van der Waals surface area contributed by atoms with Gasteiger partial charge in [-0.15, -0.1) is 0 Å². The number of nitrogens with one attached hydrogen (secondary N) is 1. The van der Waals surface area contributed by atoms with Gasteiger partial charge in [-0.25, -0.2) is 4.98 Å². The Hall–Kier alpha value is -3.03. The fourth-order valence-corrected chi connectivity index (χ4v) is 1.61. The topological polar surface area (TPSA) is 111 Å². The van der Waals surface area contributed by atoms with Crippen LogP contribution in [0.3, 0.4) is 0 Å². The van der Waals surface area contributed by atoms with Gasteiger partial charge in [0.25, 0.3) is 11.4 Å². The molecule has 0 spiro atoms. The average Bonchev–Trinajstić information content (AvgIpc) is 2.41. The van der Waals surface area contributed by atoms with Crippen molar-refractivity contribution in [2.45, 2.75) is 6.92 Å². The maximum absolute atomic E-state index is 10.6. The van der Waals surface area contributed by atoms with Crippen molar-refractivity contribution in [2.75, 3.05) is 5.32 Å². The van der Waals surface area contributed by atoms with Crippen molar-refractivity contribution in [3.63, 3.8) is 0 Å². The molecular formula is C12H10N4O4. The minimum Gasteiger partial charge on any atom is -0.340 e. The fraction of sp³-hybridized carbons (Fsp3) is 0.0833. The van der Waals surface area contributed by atoms with Gasteiger partial charge in [0, 0.05) is 23.9 Å². The molecule has 2 aromatic rings. The lowest BCUT2D eigenvalue weighted by Gasteiger charge is -2.08. The smallest absolute Gasteiger partial charge is 0.287 e. The molecule has 8 nitrogen and oxygen atoms in total. The standard InChI is InChI=1S/C12H10N4O4/c1-8-6-9(15(17)18)2-4-11(8)14-12-5-3-10(7-13-12)16(19)20/h2-7H,1H3,(H,13,14). The fourth-order valence-electron chi connectivity index (χ4n) is 1.61. The molecule has 1 heterocycles. The van der Waals surface area contributed by atoms with Gasteiger partial charge in [-0.2, -0.15) is 0 Å². The predicted octanol–water partition coefficient (Wildman–Crippen LogP) is 2.95. The largest absolute Gasteiger partial charge is 0.340 e. The normalized spacial score (nSPS) is 10.1. The van der Waals surface area contributed by atoms with Crippen LogP contribution in [0.4, 0.5) is 22.9 Å². The van der Waals surface area contributed by atoms with Crippen molar-refractivity contribution in [1.82, 2.24) is 4.98 Å². The van der Waals surface area contributed by atoms with Crippen molar-refractivity contribution in [1.29, 1.82) is 0 Å². The van der Waals surface area contributed by atoms with Gasteiger partial charge in [0.05, 0.1) is 9.85 Å². The Kier molecular flexibility index (Phi) is 3.56. The van der Waals surface area contributed by atoms with Crippen LogP contribution < -0.4 is 5.32 Å². The van der Waals surface area contributed by atoms with E-state index < -0.39 is 9.85 Å². The number of aryl methyl sites for hydroxylation is 1. The zero-order chi connectivity index (χ0) is 14.7. The molecule has 8 heteroatoms. The van der Waals surface area contributed by atoms with Crippen molar-refractivity contribution in [3.8, 4) is 0 Å². The number of aromatic nitrogens is 1. The summed E-state index contributed by atoms with van der Waals surface area (Å²) in [7, 11) is 0. The predicted molar refractivity (Wildman–Crippen MR) is 72.0 cm³/mol. The van der Waals surface area contributed by atoms with Crippen LogP contribution >= 0.6 is 0 Å². The highest BCUT2D eigenvalue weighted by Crippen LogP contribution is 2.24. The number of pyridine rings is 1. The summed E-state index contributed by atoms with van der Waals surface area (Å²) in [5, 5.41) is 24.1. The van der Waals surface area contributed by atoms with E-state index in [9.17, 15) is 20.2 Å². The Balaban J connectivity index is 2.21. The molecule has 0 aliphatic heterocycles. The Morgan fingerprint density at radius 2 is 1.70 bits per heavy atom. The van der Waals surface area contributed by atoms with Crippen molar-refractivity contribution in [2.24, 2.45) is 0 Å². The molecule has 0 aliphatic rings. The molecule has 1 aromatic carbocycles. The summed E-state index contributed by atoms with van der Waals surface area (Å²) in [5.74, 6) is 0.424. The van der Waals surface area contributed by atoms with Gasteiger partial charge in [0.1, 0.15) is 12.0 Å². The third-order valence-corrected chi connectivity index (χ3v) is 2.64. The second kappa shape index (κ2) is 5.31. The molecule has 0 fully saturated rings. The highest BCUT2D eigenvalue weighted by molar-refractivity contribution is 5.63. The van der Waals surface area contributed by atoms with Crippen LogP contribution in [0.2, 0.25) is 0 Å². The lowest BCUT2D eigenvalue weighted by Crippen LogP contribution is -1.97. The quantitative estimate of drug-likeness (QED) is 0.677. The van der Waals surface area contributed by atoms with E-state index in [1.807, 2.05) is 0 Å². The maximum atomic E-state index is 10.6. The molecule has 1 aromatic heterocycles. The van der Waals surface area contributed by atoms with Crippen molar-refractivity contribution >= 4 is 22.9 Å². The number of nitrogens with zero attached hydrogens (tertiary/aromatic N) is 3. The van der Waals surface area contributed by atoms with Gasteiger partial charge in [0.15, 0.2) is 0 Å². The SMILES string of the molecule is Cc1cc([N+](=O)[O-])ccc1Nc1ccc([N+](=O)[O-])cn1. The Labute approximate surface area is 113 Å². The van der Waals surface area contributed by atoms with Crippen molar-refractivity contribution < 1.29 is 9.85 Å². The minimum atomic E-state index is -0.534. The molecule has 102 valence electrons. The van der Waals surface area contributed by atoms with E-state index in [0.717, 1.165) is 6.20 Å². The lowest BCUT2D eigenvalue weighted by atomic mass is 10.2. The number of benzene rings is 1. The number of hydrogen-bond acceptors (Lipinski definition) is 6. The van der Waals surface area contributed by atoms with E-state index in [4.69, 9.17) is 0 Å². The number of nitro benzene ring substituents is 1. The molecule has 0 radical (unpaired) electrons. The van der Waals surface area contributed by atoms with Crippen LogP contribution in [0.15, 0.2) is 36.5 Å². The summed E-state index contributed by atoms with van der Waals surface area (Å²) in [6.07, 6.45) is 1.14. The molecule has 0 aliphatic carbocycles. The second-order valence-electron chi connectivity index (χ2n) is 4.04. The summed E-state index contributed by atoms with van der Waals surface area (Å²) >= 11 is 0. The number of hydrogen-bond donors (Lipinski definition) is 1. The van der Waals surface area contributed by atoms with E-state index in [1.54, 1.807) is 13.0 Å². The van der Waals surface area contributed by atoms with Crippen LogP contribution in [0.5, 0.6) is 0 Å². The molecule has 2 rings (SSSR count). The van der Waals surface area contributed by atoms with Gasteiger partial charge in [0.2, 0.25) is 0 Å². The van der Waals surface area contributed by atoms with Gasteiger partial charge in [-0.3, -0.25) is 20.2 Å². The number of anilines is 2. The van der Waals surface area contributed by atoms with Crippen LogP contribution in [0.25, 0.3) is 0 Å². The molecular weight excluding hydrogens is 264 g/mol. The third kappa shape index (κ3) is 2.86. The van der Waals surface area contributed by atoms with E-state index in [1.165, 1.54) is 24.3 Å². The number of rotatable bonds is 4. The summed E-state index contributed by atoms with van der Waals surface area (Å²) in [6, 6.07) is 7.18. The lowest BCUT2D eigenvalue weighted by molar-refractivity contribution is -0.385. The maximum Gasteiger partial charge on any atom is 0.287 e. The third-order valence-electron chi connectivity index (χ3n) is 2.64. The van der Waals surface area contributed by atoms with Crippen LogP contribution in [0.1, 0.15) is 5.56 Å². The molecule has 0 unspecified atom stereocenters. The van der Waals surface area contributed by atoms with Gasteiger partial charge in [-0.05, 0) is 24.6 Å². The zero-order valence-electron chi connectivity index (χ0n) is 10.4. The summed E-state index contributed by atoms with van der Waals surface area (Å²) in [5.41, 5.74) is 1.23. The highest BCUT2D eigenvalue weighted by Gasteiger charge is 2.09. The summed E-state index contributed by atoms with van der Waals surface area (Å²) < 4.78 is 0. The first-order chi connectivity index (χ1) is 9.47.